The molecule has 2 atom stereocenters. The van der Waals surface area contributed by atoms with Crippen LogP contribution in [0.25, 0.3) is 0 Å². The number of nitrogens with two attached hydrogens (primary N) is 1. The highest BCUT2D eigenvalue weighted by atomic mass is 16.5. The Morgan fingerprint density at radius 1 is 1.19 bits per heavy atom. The first kappa shape index (κ1) is 14.0. The lowest BCUT2D eigenvalue weighted by molar-refractivity contribution is -0.0925. The summed E-state index contributed by atoms with van der Waals surface area (Å²) in [5, 5.41) is 0. The third kappa shape index (κ3) is 3.21. The fraction of sp³-hybridized carbons (Fsp3) is 1.00. The fourth-order valence-electron chi connectivity index (χ4n) is 3.17. The molecular weight excluding hydrogens is 198 g/mol. The molecule has 0 radical (unpaired) electrons. The average molecular weight is 227 g/mol. The molecule has 0 spiro atoms. The van der Waals surface area contributed by atoms with E-state index in [9.17, 15) is 0 Å². The third-order valence-electron chi connectivity index (χ3n) is 4.10. The van der Waals surface area contributed by atoms with E-state index in [4.69, 9.17) is 10.5 Å². The van der Waals surface area contributed by atoms with Crippen LogP contribution in [0.4, 0.5) is 0 Å². The Hall–Kier alpha value is -0.0800. The van der Waals surface area contributed by atoms with E-state index in [0.29, 0.717) is 5.92 Å². The maximum absolute atomic E-state index is 6.47. The number of rotatable bonds is 6. The molecule has 1 aliphatic rings. The molecule has 0 amide bonds. The molecule has 1 fully saturated rings. The minimum Gasteiger partial charge on any atom is -0.374 e. The SMILES string of the molecule is CCCC(C)C(N)C1(OCC)CCCCC1. The van der Waals surface area contributed by atoms with Crippen molar-refractivity contribution in [3.63, 3.8) is 0 Å². The van der Waals surface area contributed by atoms with Crippen LogP contribution in [0.3, 0.4) is 0 Å². The van der Waals surface area contributed by atoms with Crippen LogP contribution in [0.15, 0.2) is 0 Å². The maximum Gasteiger partial charge on any atom is 0.0835 e. The Labute approximate surface area is 101 Å². The van der Waals surface area contributed by atoms with Crippen molar-refractivity contribution >= 4 is 0 Å². The molecule has 0 aromatic heterocycles. The van der Waals surface area contributed by atoms with E-state index in [1.807, 2.05) is 0 Å². The Bertz CT molecular complexity index is 182. The third-order valence-corrected chi connectivity index (χ3v) is 4.10. The molecule has 0 aliphatic heterocycles. The molecular formula is C14H29NO. The van der Waals surface area contributed by atoms with Gasteiger partial charge in [-0.3, -0.25) is 0 Å². The first-order valence-electron chi connectivity index (χ1n) is 7.06. The van der Waals surface area contributed by atoms with Crippen molar-refractivity contribution in [3.8, 4) is 0 Å². The van der Waals surface area contributed by atoms with E-state index in [0.717, 1.165) is 19.4 Å². The highest BCUT2D eigenvalue weighted by Gasteiger charge is 2.40. The number of hydrogen-bond acceptors (Lipinski definition) is 2. The van der Waals surface area contributed by atoms with Crippen molar-refractivity contribution in [1.82, 2.24) is 0 Å². The van der Waals surface area contributed by atoms with Gasteiger partial charge in [0.05, 0.1) is 5.60 Å². The quantitative estimate of drug-likeness (QED) is 0.754. The zero-order chi connectivity index (χ0) is 12.0. The van der Waals surface area contributed by atoms with Crippen LogP contribution in [0.5, 0.6) is 0 Å². The van der Waals surface area contributed by atoms with Crippen molar-refractivity contribution in [2.24, 2.45) is 11.7 Å². The summed E-state index contributed by atoms with van der Waals surface area (Å²) in [6.07, 6.45) is 8.68. The largest absolute Gasteiger partial charge is 0.374 e. The van der Waals surface area contributed by atoms with Crippen LogP contribution in [-0.2, 0) is 4.74 Å². The summed E-state index contributed by atoms with van der Waals surface area (Å²) in [4.78, 5) is 0. The van der Waals surface area contributed by atoms with Gasteiger partial charge in [-0.2, -0.15) is 0 Å². The van der Waals surface area contributed by atoms with Gasteiger partial charge < -0.3 is 10.5 Å². The summed E-state index contributed by atoms with van der Waals surface area (Å²) in [5.41, 5.74) is 6.46. The molecule has 0 aromatic rings. The van der Waals surface area contributed by atoms with Gasteiger partial charge in [-0.25, -0.2) is 0 Å². The minimum absolute atomic E-state index is 0.0123. The van der Waals surface area contributed by atoms with Crippen LogP contribution >= 0.6 is 0 Å². The molecule has 1 rings (SSSR count). The minimum atomic E-state index is -0.0123. The highest BCUT2D eigenvalue weighted by molar-refractivity contribution is 4.96. The second kappa shape index (κ2) is 6.61. The van der Waals surface area contributed by atoms with E-state index in [-0.39, 0.29) is 11.6 Å². The van der Waals surface area contributed by atoms with Crippen LogP contribution < -0.4 is 5.73 Å². The number of hydrogen-bond donors (Lipinski definition) is 1. The fourth-order valence-corrected chi connectivity index (χ4v) is 3.17. The molecule has 2 heteroatoms. The van der Waals surface area contributed by atoms with E-state index >= 15 is 0 Å². The van der Waals surface area contributed by atoms with Crippen molar-refractivity contribution in [2.75, 3.05) is 6.61 Å². The predicted octanol–water partition coefficient (Wildman–Crippen LogP) is 3.49. The Morgan fingerprint density at radius 3 is 2.31 bits per heavy atom. The van der Waals surface area contributed by atoms with Gasteiger partial charge in [0.1, 0.15) is 0 Å². The van der Waals surface area contributed by atoms with E-state index in [1.54, 1.807) is 0 Å². The molecule has 0 heterocycles. The molecule has 2 unspecified atom stereocenters. The van der Waals surface area contributed by atoms with Gasteiger partial charge >= 0.3 is 0 Å². The summed E-state index contributed by atoms with van der Waals surface area (Å²) < 4.78 is 6.07. The van der Waals surface area contributed by atoms with Gasteiger partial charge in [0, 0.05) is 12.6 Å². The second-order valence-electron chi connectivity index (χ2n) is 5.35. The summed E-state index contributed by atoms with van der Waals surface area (Å²) in [5.74, 6) is 0.578. The molecule has 1 aliphatic carbocycles. The molecule has 0 saturated heterocycles. The molecule has 96 valence electrons. The zero-order valence-electron chi connectivity index (χ0n) is 11.3. The lowest BCUT2D eigenvalue weighted by Crippen LogP contribution is -2.54. The van der Waals surface area contributed by atoms with Crippen LogP contribution in [-0.4, -0.2) is 18.2 Å². The van der Waals surface area contributed by atoms with Gasteiger partial charge in [-0.15, -0.1) is 0 Å². The molecule has 1 saturated carbocycles. The average Bonchev–Trinajstić information content (AvgIpc) is 2.30. The zero-order valence-corrected chi connectivity index (χ0v) is 11.3. The van der Waals surface area contributed by atoms with Crippen molar-refractivity contribution in [2.45, 2.75) is 77.4 Å². The van der Waals surface area contributed by atoms with Gasteiger partial charge in [-0.05, 0) is 32.1 Å². The molecule has 0 bridgehead atoms. The first-order chi connectivity index (χ1) is 7.66. The molecule has 16 heavy (non-hydrogen) atoms. The summed E-state index contributed by atoms with van der Waals surface area (Å²) in [6, 6.07) is 0.215. The topological polar surface area (TPSA) is 35.2 Å². The van der Waals surface area contributed by atoms with Crippen LogP contribution in [0.2, 0.25) is 0 Å². The monoisotopic (exact) mass is 227 g/mol. The molecule has 0 aromatic carbocycles. The van der Waals surface area contributed by atoms with Crippen LogP contribution in [0.1, 0.15) is 65.7 Å². The standard InChI is InChI=1S/C14H29NO/c1-4-9-12(3)13(15)14(16-5-2)10-7-6-8-11-14/h12-13H,4-11,15H2,1-3H3. The van der Waals surface area contributed by atoms with Gasteiger partial charge in [0.15, 0.2) is 0 Å². The first-order valence-corrected chi connectivity index (χ1v) is 7.06. The highest BCUT2D eigenvalue weighted by Crippen LogP contribution is 2.37. The van der Waals surface area contributed by atoms with Crippen molar-refractivity contribution < 1.29 is 4.74 Å². The van der Waals surface area contributed by atoms with Gasteiger partial charge in [-0.1, -0.05) is 39.5 Å². The Balaban J connectivity index is 2.66. The van der Waals surface area contributed by atoms with Crippen LogP contribution in [0, 0.1) is 5.92 Å². The van der Waals surface area contributed by atoms with Gasteiger partial charge in [0.25, 0.3) is 0 Å². The molecule has 2 N–H and O–H groups in total. The second-order valence-corrected chi connectivity index (χ2v) is 5.35. The Kier molecular flexibility index (Phi) is 5.77. The Morgan fingerprint density at radius 2 is 1.81 bits per heavy atom. The van der Waals surface area contributed by atoms with Crippen molar-refractivity contribution in [3.05, 3.63) is 0 Å². The van der Waals surface area contributed by atoms with Crippen molar-refractivity contribution in [1.29, 1.82) is 0 Å². The smallest absolute Gasteiger partial charge is 0.0835 e. The van der Waals surface area contributed by atoms with E-state index < -0.39 is 0 Å². The van der Waals surface area contributed by atoms with E-state index in [2.05, 4.69) is 20.8 Å². The normalized spacial score (nSPS) is 24.0. The molecule has 2 nitrogen and oxygen atoms in total. The summed E-state index contributed by atoms with van der Waals surface area (Å²) in [6.45, 7) is 7.40. The maximum atomic E-state index is 6.47. The van der Waals surface area contributed by atoms with E-state index in [1.165, 1.54) is 32.1 Å². The summed E-state index contributed by atoms with van der Waals surface area (Å²) in [7, 11) is 0. The summed E-state index contributed by atoms with van der Waals surface area (Å²) >= 11 is 0. The van der Waals surface area contributed by atoms with Gasteiger partial charge in [0.2, 0.25) is 0 Å². The lowest BCUT2D eigenvalue weighted by atomic mass is 9.74. The predicted molar refractivity (Wildman–Crippen MR) is 69.5 cm³/mol. The lowest BCUT2D eigenvalue weighted by Gasteiger charge is -2.44. The number of ether oxygens (including phenoxy) is 1.